The van der Waals surface area contributed by atoms with Gasteiger partial charge in [-0.2, -0.15) is 20.5 Å². The Labute approximate surface area is 502 Å². The van der Waals surface area contributed by atoms with Crippen LogP contribution in [0.4, 0.5) is 22.7 Å². The summed E-state index contributed by atoms with van der Waals surface area (Å²) in [6.07, 6.45) is 12.0. The third-order valence-corrected chi connectivity index (χ3v) is 15.3. The molecule has 11 rings (SSSR count). The average Bonchev–Trinajstić information content (AvgIpc) is 1.81. The second-order valence-corrected chi connectivity index (χ2v) is 21.4. The largest absolute Gasteiger partial charge is 0.494 e. The van der Waals surface area contributed by atoms with E-state index < -0.39 is 11.9 Å². The Kier molecular flexibility index (Phi) is 19.1. The summed E-state index contributed by atoms with van der Waals surface area (Å²) < 4.78 is 24.7. The lowest BCUT2D eigenvalue weighted by atomic mass is 9.90. The number of carbonyl (C=O) groups excluding carboxylic acids is 2. The summed E-state index contributed by atoms with van der Waals surface area (Å²) in [4.78, 5) is 28.7. The number of benzene rings is 11. The van der Waals surface area contributed by atoms with Crippen LogP contribution in [-0.4, -0.2) is 25.2 Å². The number of esters is 2. The van der Waals surface area contributed by atoms with Crippen LogP contribution in [0.3, 0.4) is 0 Å². The van der Waals surface area contributed by atoms with Gasteiger partial charge in [0.25, 0.3) is 0 Å². The number of rotatable bonds is 25. The number of unbranched alkanes of at least 4 members (excludes halogenated alkanes) is 8. The molecule has 10 heteroatoms. The van der Waals surface area contributed by atoms with Crippen molar-refractivity contribution in [3.8, 4) is 56.4 Å². The lowest BCUT2D eigenvalue weighted by Crippen LogP contribution is -2.11. The first-order valence-electron chi connectivity index (χ1n) is 30.0. The molecule has 0 atom stereocenters. The maximum absolute atomic E-state index is 14.4. The van der Waals surface area contributed by atoms with E-state index in [1.807, 2.05) is 188 Å². The van der Waals surface area contributed by atoms with Gasteiger partial charge < -0.3 is 18.9 Å². The predicted octanol–water partition coefficient (Wildman–Crippen LogP) is 22.1. The SMILES string of the molecule is CCCCCCCOc1ccc(N=Nc2ccc(-c3ccc(C(=O)Oc4ccc5ccccc5c4-c4c(OC(=O)c5ccc(-c6ccc(N=Nc7ccc(OCCCCCCC)cc7)cc6)cc5)ccc5c4ccc4ccccc45)cc3)cc2)cc1. The molecule has 428 valence electrons. The van der Waals surface area contributed by atoms with Gasteiger partial charge in [-0.05, 0) is 177 Å². The molecule has 10 nitrogen and oxygen atoms in total. The van der Waals surface area contributed by atoms with Crippen molar-refractivity contribution in [1.82, 2.24) is 0 Å². The highest BCUT2D eigenvalue weighted by Gasteiger charge is 2.24. The number of hydrogen-bond acceptors (Lipinski definition) is 10. The third-order valence-electron chi connectivity index (χ3n) is 15.3. The molecule has 0 aliphatic carbocycles. The van der Waals surface area contributed by atoms with Gasteiger partial charge in [-0.15, -0.1) is 0 Å². The maximum Gasteiger partial charge on any atom is 0.343 e. The Bertz CT molecular complexity index is 4140. The van der Waals surface area contributed by atoms with Crippen molar-refractivity contribution in [3.63, 3.8) is 0 Å². The highest BCUT2D eigenvalue weighted by Crippen LogP contribution is 2.47. The molecule has 0 aromatic heterocycles. The zero-order valence-electron chi connectivity index (χ0n) is 48.7. The third kappa shape index (κ3) is 14.5. The average molecular weight is 1130 g/mol. The Hall–Kier alpha value is -10.1. The second kappa shape index (κ2) is 28.5. The zero-order valence-corrected chi connectivity index (χ0v) is 48.7. The molecule has 0 spiro atoms. The molecule has 0 saturated heterocycles. The van der Waals surface area contributed by atoms with Crippen molar-refractivity contribution in [2.24, 2.45) is 20.5 Å². The van der Waals surface area contributed by atoms with Gasteiger partial charge in [-0.3, -0.25) is 0 Å². The van der Waals surface area contributed by atoms with Gasteiger partial charge in [0.1, 0.15) is 23.0 Å². The van der Waals surface area contributed by atoms with Gasteiger partial charge in [0.2, 0.25) is 0 Å². The van der Waals surface area contributed by atoms with Crippen LogP contribution < -0.4 is 18.9 Å². The number of azo groups is 2. The number of fused-ring (bicyclic) bond motifs is 4. The molecule has 0 N–H and O–H groups in total. The molecule has 11 aromatic rings. The molecule has 0 saturated carbocycles. The van der Waals surface area contributed by atoms with E-state index in [0.29, 0.717) is 58.3 Å². The molecule has 0 amide bonds. The van der Waals surface area contributed by atoms with Crippen molar-refractivity contribution >= 4 is 67.0 Å². The summed E-state index contributed by atoms with van der Waals surface area (Å²) in [7, 11) is 0. The quantitative estimate of drug-likeness (QED) is 0.0185. The van der Waals surface area contributed by atoms with Crippen LogP contribution in [0.2, 0.25) is 0 Å². The Morgan fingerprint density at radius 1 is 0.314 bits per heavy atom. The standard InChI is InChI=1S/C76H68N4O6/c1-3-5-7-9-15-51-83-65-43-39-63(40-44-65)79-77-61-35-29-55(30-36-61)53-21-25-59(26-22-53)75(81)85-71-49-34-58-18-12-14-20-68(58)73(71)74-70-47-33-57-17-11-13-19-67(57)69(70)48-50-72(74)86-76(82)60-27-23-54(24-28-60)56-31-37-62(38-32-56)78-80-64-41-45-66(46-42-64)84-52-16-10-8-6-4-2/h11-14,17-50H,3-10,15-16,51-52H2,1-2H3. The highest BCUT2D eigenvalue weighted by atomic mass is 16.5. The van der Waals surface area contributed by atoms with Crippen LogP contribution in [-0.2, 0) is 0 Å². The molecule has 0 aliphatic heterocycles. The topological polar surface area (TPSA) is 121 Å². The normalized spacial score (nSPS) is 11.5. The Morgan fingerprint density at radius 3 is 1.12 bits per heavy atom. The fourth-order valence-corrected chi connectivity index (χ4v) is 10.6. The van der Waals surface area contributed by atoms with E-state index in [0.717, 1.165) is 90.3 Å². The van der Waals surface area contributed by atoms with Gasteiger partial charge in [-0.1, -0.05) is 187 Å². The molecule has 0 unspecified atom stereocenters. The molecule has 11 aromatic carbocycles. The molecule has 0 radical (unpaired) electrons. The first-order chi connectivity index (χ1) is 42.4. The predicted molar refractivity (Wildman–Crippen MR) is 348 cm³/mol. The van der Waals surface area contributed by atoms with Crippen LogP contribution in [0.25, 0.3) is 65.7 Å². The van der Waals surface area contributed by atoms with Crippen LogP contribution in [0.15, 0.2) is 251 Å². The van der Waals surface area contributed by atoms with E-state index in [2.05, 4.69) is 52.5 Å². The van der Waals surface area contributed by atoms with E-state index in [1.165, 1.54) is 51.4 Å². The first-order valence-corrected chi connectivity index (χ1v) is 30.0. The minimum Gasteiger partial charge on any atom is -0.494 e. The lowest BCUT2D eigenvalue weighted by Gasteiger charge is -2.19. The van der Waals surface area contributed by atoms with E-state index in [4.69, 9.17) is 18.9 Å². The molecule has 86 heavy (non-hydrogen) atoms. The van der Waals surface area contributed by atoms with Gasteiger partial charge in [0.15, 0.2) is 0 Å². The van der Waals surface area contributed by atoms with Crippen LogP contribution in [0, 0.1) is 0 Å². The van der Waals surface area contributed by atoms with Gasteiger partial charge in [0, 0.05) is 11.1 Å². The molecule has 0 fully saturated rings. The van der Waals surface area contributed by atoms with E-state index in [-0.39, 0.29) is 0 Å². The van der Waals surface area contributed by atoms with Crippen LogP contribution >= 0.6 is 0 Å². The smallest absolute Gasteiger partial charge is 0.343 e. The second-order valence-electron chi connectivity index (χ2n) is 21.4. The summed E-state index contributed by atoms with van der Waals surface area (Å²) in [5.74, 6) is 1.22. The molecular formula is C76H68N4O6. The fraction of sp³-hybridized carbons (Fsp3) is 0.184. The Balaban J connectivity index is 0.792. The molecule has 0 heterocycles. The molecule has 0 aliphatic rings. The summed E-state index contributed by atoms with van der Waals surface area (Å²) >= 11 is 0. The van der Waals surface area contributed by atoms with Gasteiger partial charge >= 0.3 is 11.9 Å². The number of ether oxygens (including phenoxy) is 4. The number of nitrogens with zero attached hydrogens (tertiary/aromatic N) is 4. The van der Waals surface area contributed by atoms with Crippen molar-refractivity contribution in [1.29, 1.82) is 0 Å². The number of carbonyl (C=O) groups is 2. The van der Waals surface area contributed by atoms with Crippen molar-refractivity contribution < 1.29 is 28.5 Å². The lowest BCUT2D eigenvalue weighted by molar-refractivity contribution is 0.0723. The summed E-state index contributed by atoms with van der Waals surface area (Å²) in [6.45, 7) is 5.86. The van der Waals surface area contributed by atoms with E-state index in [1.54, 1.807) is 24.3 Å². The Morgan fingerprint density at radius 2 is 0.663 bits per heavy atom. The summed E-state index contributed by atoms with van der Waals surface area (Å²) in [5.41, 5.74) is 8.62. The highest BCUT2D eigenvalue weighted by molar-refractivity contribution is 6.17. The molecule has 0 bridgehead atoms. The van der Waals surface area contributed by atoms with Gasteiger partial charge in [-0.25, -0.2) is 9.59 Å². The van der Waals surface area contributed by atoms with E-state index >= 15 is 0 Å². The van der Waals surface area contributed by atoms with Crippen LogP contribution in [0.5, 0.6) is 23.0 Å². The van der Waals surface area contributed by atoms with E-state index in [9.17, 15) is 9.59 Å². The summed E-state index contributed by atoms with van der Waals surface area (Å²) in [5, 5.41) is 23.4. The van der Waals surface area contributed by atoms with Crippen molar-refractivity contribution in [2.75, 3.05) is 13.2 Å². The first kappa shape index (κ1) is 57.7. The van der Waals surface area contributed by atoms with Crippen molar-refractivity contribution in [2.45, 2.75) is 78.1 Å². The minimum absolute atomic E-state index is 0.317. The maximum atomic E-state index is 14.4. The number of hydrogen-bond donors (Lipinski definition) is 0. The fourth-order valence-electron chi connectivity index (χ4n) is 10.6. The van der Waals surface area contributed by atoms with Crippen LogP contribution in [0.1, 0.15) is 98.8 Å². The van der Waals surface area contributed by atoms with Gasteiger partial charge in [0.05, 0.1) is 47.1 Å². The molecular weight excluding hydrogens is 1060 g/mol. The zero-order chi connectivity index (χ0) is 58.9. The minimum atomic E-state index is -0.538. The summed E-state index contributed by atoms with van der Waals surface area (Å²) in [6, 6.07) is 73.5. The van der Waals surface area contributed by atoms with Crippen molar-refractivity contribution in [3.05, 3.63) is 242 Å². The monoisotopic (exact) mass is 1130 g/mol.